The van der Waals surface area contributed by atoms with Crippen molar-refractivity contribution in [2.75, 3.05) is 13.1 Å². The lowest BCUT2D eigenvalue weighted by Crippen LogP contribution is -2.32. The van der Waals surface area contributed by atoms with Gasteiger partial charge in [0.15, 0.2) is 5.76 Å². The molecular weight excluding hydrogens is 230 g/mol. The van der Waals surface area contributed by atoms with Crippen molar-refractivity contribution < 1.29 is 12.9 Å². The van der Waals surface area contributed by atoms with Crippen molar-refractivity contribution in [3.05, 3.63) is 11.5 Å². The largest absolute Gasteiger partial charge is 0.360 e. The Morgan fingerprint density at radius 1 is 1.50 bits per heavy atom. The van der Waals surface area contributed by atoms with E-state index < -0.39 is 10.0 Å². The van der Waals surface area contributed by atoms with Crippen LogP contribution in [0.2, 0.25) is 0 Å². The lowest BCUT2D eigenvalue weighted by Gasteiger charge is -2.15. The molecule has 2 heterocycles. The van der Waals surface area contributed by atoms with Crippen molar-refractivity contribution in [1.82, 2.24) is 9.46 Å². The van der Waals surface area contributed by atoms with Gasteiger partial charge in [0.25, 0.3) is 0 Å². The van der Waals surface area contributed by atoms with Crippen LogP contribution >= 0.6 is 0 Å². The van der Waals surface area contributed by atoms with Gasteiger partial charge >= 0.3 is 0 Å². The average molecular weight is 245 g/mol. The molecule has 0 unspecified atom stereocenters. The smallest absolute Gasteiger partial charge is 0.248 e. The Morgan fingerprint density at radius 3 is 2.62 bits per heavy atom. The van der Waals surface area contributed by atoms with Gasteiger partial charge in [-0.3, -0.25) is 0 Å². The molecule has 16 heavy (non-hydrogen) atoms. The number of sulfonamides is 1. The first-order valence-electron chi connectivity index (χ1n) is 5.11. The third-order valence-electron chi connectivity index (χ3n) is 2.75. The second kappa shape index (κ2) is 3.83. The van der Waals surface area contributed by atoms with E-state index in [1.165, 1.54) is 4.31 Å². The Balaban J connectivity index is 2.40. The topological polar surface area (TPSA) is 89.4 Å². The van der Waals surface area contributed by atoms with E-state index in [9.17, 15) is 8.42 Å². The zero-order valence-corrected chi connectivity index (χ0v) is 10.1. The van der Waals surface area contributed by atoms with Crippen LogP contribution in [0.25, 0.3) is 0 Å². The average Bonchev–Trinajstić information content (AvgIpc) is 2.74. The Morgan fingerprint density at radius 2 is 2.19 bits per heavy atom. The van der Waals surface area contributed by atoms with Gasteiger partial charge < -0.3 is 10.3 Å². The molecule has 6 nitrogen and oxygen atoms in total. The summed E-state index contributed by atoms with van der Waals surface area (Å²) in [7, 11) is -3.49. The Hall–Kier alpha value is -0.920. The van der Waals surface area contributed by atoms with Crippen molar-refractivity contribution in [3.63, 3.8) is 0 Å². The van der Waals surface area contributed by atoms with Crippen molar-refractivity contribution >= 4 is 10.0 Å². The van der Waals surface area contributed by atoms with E-state index in [1.807, 2.05) is 0 Å². The minimum atomic E-state index is -3.49. The molecule has 1 aliphatic heterocycles. The number of rotatable bonds is 2. The number of aromatic nitrogens is 1. The number of nitrogens with zero attached hydrogens (tertiary/aromatic N) is 2. The molecule has 7 heteroatoms. The van der Waals surface area contributed by atoms with Gasteiger partial charge in [0.2, 0.25) is 10.0 Å². The highest BCUT2D eigenvalue weighted by atomic mass is 32.2. The van der Waals surface area contributed by atoms with Gasteiger partial charge in [-0.2, -0.15) is 4.31 Å². The number of hydrogen-bond acceptors (Lipinski definition) is 5. The van der Waals surface area contributed by atoms with Crippen LogP contribution in [0.5, 0.6) is 0 Å². The first-order chi connectivity index (χ1) is 7.43. The molecular formula is C9H15N3O3S. The summed E-state index contributed by atoms with van der Waals surface area (Å²) < 4.78 is 30.8. The number of hydrogen-bond donors (Lipinski definition) is 1. The van der Waals surface area contributed by atoms with Crippen molar-refractivity contribution in [3.8, 4) is 0 Å². The summed E-state index contributed by atoms with van der Waals surface area (Å²) in [6.07, 6.45) is 0.697. The minimum absolute atomic E-state index is 0.0738. The first kappa shape index (κ1) is 11.6. The standard InChI is InChI=1S/C9H15N3O3S/c1-6-9(7(2)15-11-6)16(13,14)12-4-3-8(10)5-12/h8H,3-5,10H2,1-2H3/t8-/m0/s1. The first-order valence-corrected chi connectivity index (χ1v) is 6.55. The molecule has 0 aliphatic carbocycles. The predicted octanol–water partition coefficient (Wildman–Crippen LogP) is 0.0131. The maximum Gasteiger partial charge on any atom is 0.248 e. The Bertz CT molecular complexity index is 475. The lowest BCUT2D eigenvalue weighted by molar-refractivity contribution is 0.389. The second-order valence-corrected chi connectivity index (χ2v) is 5.94. The molecule has 0 aromatic carbocycles. The molecule has 0 amide bonds. The Labute approximate surface area is 94.4 Å². The van der Waals surface area contributed by atoms with E-state index >= 15 is 0 Å². The van der Waals surface area contributed by atoms with Gasteiger partial charge in [0.05, 0.1) is 0 Å². The summed E-state index contributed by atoms with van der Waals surface area (Å²) in [5, 5.41) is 3.66. The molecule has 0 radical (unpaired) electrons. The summed E-state index contributed by atoms with van der Waals surface area (Å²) in [6.45, 7) is 4.06. The van der Waals surface area contributed by atoms with E-state index in [0.717, 1.165) is 0 Å². The molecule has 1 aromatic rings. The summed E-state index contributed by atoms with van der Waals surface area (Å²) in [5.41, 5.74) is 6.11. The van der Waals surface area contributed by atoms with E-state index in [4.69, 9.17) is 10.3 Å². The van der Waals surface area contributed by atoms with Crippen LogP contribution in [0.1, 0.15) is 17.9 Å². The van der Waals surface area contributed by atoms with E-state index in [0.29, 0.717) is 31.0 Å². The molecule has 90 valence electrons. The SMILES string of the molecule is Cc1noc(C)c1S(=O)(=O)N1CC[C@H](N)C1. The molecule has 1 aliphatic rings. The Kier molecular flexibility index (Phi) is 2.77. The molecule has 1 saturated heterocycles. The van der Waals surface area contributed by atoms with Crippen LogP contribution in [0.3, 0.4) is 0 Å². The highest BCUT2D eigenvalue weighted by Crippen LogP contribution is 2.25. The van der Waals surface area contributed by atoms with Crippen molar-refractivity contribution in [1.29, 1.82) is 0 Å². The van der Waals surface area contributed by atoms with Crippen molar-refractivity contribution in [2.24, 2.45) is 5.73 Å². The predicted molar refractivity (Wildman–Crippen MR) is 57.3 cm³/mol. The lowest BCUT2D eigenvalue weighted by atomic mass is 10.3. The summed E-state index contributed by atoms with van der Waals surface area (Å²) >= 11 is 0. The fourth-order valence-corrected chi connectivity index (χ4v) is 3.75. The highest BCUT2D eigenvalue weighted by molar-refractivity contribution is 7.89. The normalized spacial score (nSPS) is 22.8. The molecule has 0 bridgehead atoms. The zero-order chi connectivity index (χ0) is 11.9. The van der Waals surface area contributed by atoms with Gasteiger partial charge in [-0.15, -0.1) is 0 Å². The number of aryl methyl sites for hydroxylation is 2. The minimum Gasteiger partial charge on any atom is -0.360 e. The monoisotopic (exact) mass is 245 g/mol. The van der Waals surface area contributed by atoms with Crippen LogP contribution < -0.4 is 5.73 Å². The third-order valence-corrected chi connectivity index (χ3v) is 4.86. The third kappa shape index (κ3) is 1.74. The van der Waals surface area contributed by atoms with Gasteiger partial charge in [0.1, 0.15) is 10.6 Å². The molecule has 0 spiro atoms. The molecule has 1 aromatic heterocycles. The van der Waals surface area contributed by atoms with Crippen molar-refractivity contribution in [2.45, 2.75) is 31.2 Å². The number of nitrogens with two attached hydrogens (primary N) is 1. The zero-order valence-electron chi connectivity index (χ0n) is 9.30. The molecule has 2 rings (SSSR count). The van der Waals surface area contributed by atoms with Gasteiger partial charge in [-0.25, -0.2) is 8.42 Å². The molecule has 0 saturated carbocycles. The maximum absolute atomic E-state index is 12.3. The highest BCUT2D eigenvalue weighted by Gasteiger charge is 2.34. The molecule has 1 fully saturated rings. The molecule has 2 N–H and O–H groups in total. The summed E-state index contributed by atoms with van der Waals surface area (Å²) in [6, 6.07) is -0.0738. The van der Waals surface area contributed by atoms with Gasteiger partial charge in [0, 0.05) is 19.1 Å². The quantitative estimate of drug-likeness (QED) is 0.793. The van der Waals surface area contributed by atoms with Crippen LogP contribution in [-0.2, 0) is 10.0 Å². The second-order valence-electron chi connectivity index (χ2n) is 4.07. The van der Waals surface area contributed by atoms with Crippen LogP contribution in [-0.4, -0.2) is 37.0 Å². The molecule has 1 atom stereocenters. The van der Waals surface area contributed by atoms with Crippen LogP contribution in [0, 0.1) is 13.8 Å². The van der Waals surface area contributed by atoms with E-state index in [-0.39, 0.29) is 10.9 Å². The van der Waals surface area contributed by atoms with Crippen LogP contribution in [0.4, 0.5) is 0 Å². The summed E-state index contributed by atoms with van der Waals surface area (Å²) in [4.78, 5) is 0.182. The van der Waals surface area contributed by atoms with E-state index in [1.54, 1.807) is 13.8 Å². The van der Waals surface area contributed by atoms with Crippen LogP contribution in [0.15, 0.2) is 9.42 Å². The maximum atomic E-state index is 12.3. The fourth-order valence-electron chi connectivity index (χ4n) is 1.94. The fraction of sp³-hybridized carbons (Fsp3) is 0.667. The summed E-state index contributed by atoms with van der Waals surface area (Å²) in [5.74, 6) is 0.331. The van der Waals surface area contributed by atoms with E-state index in [2.05, 4.69) is 5.16 Å². The van der Waals surface area contributed by atoms with Gasteiger partial charge in [-0.05, 0) is 20.3 Å². The van der Waals surface area contributed by atoms with Gasteiger partial charge in [-0.1, -0.05) is 5.16 Å².